The van der Waals surface area contributed by atoms with Crippen LogP contribution in [-0.4, -0.2) is 19.3 Å². The normalized spacial score (nSPS) is 12.9. The molecule has 142 valence electrons. The quantitative estimate of drug-likeness (QED) is 0.635. The molecule has 0 saturated heterocycles. The van der Waals surface area contributed by atoms with Crippen LogP contribution in [0.2, 0.25) is 0 Å². The number of halogens is 3. The van der Waals surface area contributed by atoms with Crippen LogP contribution in [0.1, 0.15) is 34.1 Å². The second kappa shape index (κ2) is 7.99. The smallest absolute Gasteiger partial charge is 0.338 e. The number of rotatable bonds is 6. The van der Waals surface area contributed by atoms with E-state index in [4.69, 9.17) is 4.52 Å². The van der Waals surface area contributed by atoms with E-state index in [0.29, 0.717) is 12.2 Å². The molecule has 1 unspecified atom stereocenters. The Balaban J connectivity index is 1.66. The van der Waals surface area contributed by atoms with E-state index in [0.717, 1.165) is 17.3 Å². The van der Waals surface area contributed by atoms with Crippen molar-refractivity contribution in [2.45, 2.75) is 31.0 Å². The molecule has 2 aromatic heterocycles. The van der Waals surface area contributed by atoms with Crippen molar-refractivity contribution in [1.82, 2.24) is 15.1 Å². The SMILES string of the molecule is Cc1ccccc1Cc1noc(CS(=O)Cc2cccnc2C(F)(F)F)n1. The fraction of sp³-hybridized carbons (Fsp3) is 0.278. The summed E-state index contributed by atoms with van der Waals surface area (Å²) in [5.41, 5.74) is 0.979. The Kier molecular flexibility index (Phi) is 5.69. The number of nitrogens with zero attached hydrogens (tertiary/aromatic N) is 3. The van der Waals surface area contributed by atoms with Crippen LogP contribution in [0.5, 0.6) is 0 Å². The molecule has 2 heterocycles. The maximum atomic E-state index is 13.0. The maximum Gasteiger partial charge on any atom is 0.433 e. The van der Waals surface area contributed by atoms with Crippen molar-refractivity contribution in [1.29, 1.82) is 0 Å². The van der Waals surface area contributed by atoms with Crippen LogP contribution in [0, 0.1) is 6.92 Å². The van der Waals surface area contributed by atoms with Gasteiger partial charge in [-0.15, -0.1) is 0 Å². The Morgan fingerprint density at radius 2 is 1.81 bits per heavy atom. The predicted octanol–water partition coefficient (Wildman–Crippen LogP) is 3.83. The van der Waals surface area contributed by atoms with Gasteiger partial charge in [0.05, 0.1) is 5.75 Å². The Labute approximate surface area is 156 Å². The fourth-order valence-electron chi connectivity index (χ4n) is 2.57. The summed E-state index contributed by atoms with van der Waals surface area (Å²) in [4.78, 5) is 7.55. The monoisotopic (exact) mass is 395 g/mol. The van der Waals surface area contributed by atoms with Crippen molar-refractivity contribution in [3.63, 3.8) is 0 Å². The first-order chi connectivity index (χ1) is 12.8. The number of aromatic nitrogens is 3. The third-order valence-corrected chi connectivity index (χ3v) is 5.08. The zero-order valence-corrected chi connectivity index (χ0v) is 15.2. The molecule has 0 aliphatic heterocycles. The Bertz CT molecular complexity index is 957. The molecule has 0 spiro atoms. The minimum atomic E-state index is -4.59. The second-order valence-corrected chi connectivity index (χ2v) is 7.40. The van der Waals surface area contributed by atoms with Crippen molar-refractivity contribution in [3.05, 3.63) is 76.7 Å². The zero-order valence-electron chi connectivity index (χ0n) is 14.4. The standard InChI is InChI=1S/C18H16F3N3O2S/c1-12-5-2-3-6-13(12)9-15-23-16(26-24-15)11-27(25)10-14-7-4-8-22-17(14)18(19,20)21/h2-8H,9-11H2,1H3. The molecule has 0 radical (unpaired) electrons. The van der Waals surface area contributed by atoms with E-state index in [1.54, 1.807) is 0 Å². The van der Waals surface area contributed by atoms with Crippen LogP contribution in [0.3, 0.4) is 0 Å². The first kappa shape index (κ1) is 19.2. The molecule has 9 heteroatoms. The molecule has 3 rings (SSSR count). The topological polar surface area (TPSA) is 68.9 Å². The summed E-state index contributed by atoms with van der Waals surface area (Å²) >= 11 is 0. The van der Waals surface area contributed by atoms with Gasteiger partial charge in [0.2, 0.25) is 5.89 Å². The molecule has 0 aliphatic rings. The summed E-state index contributed by atoms with van der Waals surface area (Å²) in [6, 6.07) is 10.4. The fourth-order valence-corrected chi connectivity index (χ4v) is 3.65. The maximum absolute atomic E-state index is 13.0. The molecule has 3 aromatic rings. The van der Waals surface area contributed by atoms with Crippen molar-refractivity contribution >= 4 is 10.8 Å². The highest BCUT2D eigenvalue weighted by molar-refractivity contribution is 7.83. The van der Waals surface area contributed by atoms with Crippen LogP contribution in [-0.2, 0) is 34.9 Å². The highest BCUT2D eigenvalue weighted by atomic mass is 32.2. The zero-order chi connectivity index (χ0) is 19.4. The summed E-state index contributed by atoms with van der Waals surface area (Å²) in [7, 11) is -1.64. The lowest BCUT2D eigenvalue weighted by atomic mass is 10.1. The van der Waals surface area contributed by atoms with E-state index in [1.807, 2.05) is 31.2 Å². The van der Waals surface area contributed by atoms with Gasteiger partial charge < -0.3 is 4.52 Å². The van der Waals surface area contributed by atoms with Crippen molar-refractivity contribution in [2.24, 2.45) is 0 Å². The van der Waals surface area contributed by atoms with Gasteiger partial charge in [0.1, 0.15) is 11.4 Å². The molecule has 5 nitrogen and oxygen atoms in total. The van der Waals surface area contributed by atoms with Gasteiger partial charge >= 0.3 is 6.18 Å². The molecule has 0 saturated carbocycles. The van der Waals surface area contributed by atoms with Gasteiger partial charge in [-0.1, -0.05) is 35.5 Å². The predicted molar refractivity (Wildman–Crippen MR) is 93.1 cm³/mol. The molecule has 0 aliphatic carbocycles. The Morgan fingerprint density at radius 1 is 1.07 bits per heavy atom. The number of benzene rings is 1. The number of pyridine rings is 1. The van der Waals surface area contributed by atoms with Gasteiger partial charge in [0, 0.05) is 23.4 Å². The molecular weight excluding hydrogens is 379 g/mol. The molecule has 1 atom stereocenters. The summed E-state index contributed by atoms with van der Waals surface area (Å²) < 4.78 is 56.3. The first-order valence-electron chi connectivity index (χ1n) is 8.05. The lowest BCUT2D eigenvalue weighted by Crippen LogP contribution is -2.13. The lowest BCUT2D eigenvalue weighted by Gasteiger charge is -2.10. The molecule has 0 amide bonds. The van der Waals surface area contributed by atoms with Gasteiger partial charge in [-0.2, -0.15) is 18.2 Å². The van der Waals surface area contributed by atoms with E-state index >= 15 is 0 Å². The van der Waals surface area contributed by atoms with Crippen molar-refractivity contribution < 1.29 is 21.9 Å². The molecule has 1 aromatic carbocycles. The molecule has 0 bridgehead atoms. The number of hydrogen-bond donors (Lipinski definition) is 0. The first-order valence-corrected chi connectivity index (χ1v) is 9.54. The second-order valence-electron chi connectivity index (χ2n) is 5.94. The average molecular weight is 395 g/mol. The van der Waals surface area contributed by atoms with Crippen LogP contribution < -0.4 is 0 Å². The molecular formula is C18H16F3N3O2S. The number of hydrogen-bond acceptors (Lipinski definition) is 5. The van der Waals surface area contributed by atoms with Crippen molar-refractivity contribution in [2.75, 3.05) is 0 Å². The van der Waals surface area contributed by atoms with Gasteiger partial charge in [-0.05, 0) is 29.7 Å². The minimum absolute atomic E-state index is 0.118. The summed E-state index contributed by atoms with van der Waals surface area (Å²) in [6.45, 7) is 1.97. The van der Waals surface area contributed by atoms with Gasteiger partial charge in [0.15, 0.2) is 5.82 Å². The highest BCUT2D eigenvalue weighted by Crippen LogP contribution is 2.30. The number of alkyl halides is 3. The van der Waals surface area contributed by atoms with Crippen molar-refractivity contribution in [3.8, 4) is 0 Å². The average Bonchev–Trinajstić information content (AvgIpc) is 3.03. The van der Waals surface area contributed by atoms with Gasteiger partial charge in [0.25, 0.3) is 0 Å². The number of aryl methyl sites for hydroxylation is 1. The molecule has 27 heavy (non-hydrogen) atoms. The van der Waals surface area contributed by atoms with Crippen LogP contribution >= 0.6 is 0 Å². The Morgan fingerprint density at radius 3 is 2.56 bits per heavy atom. The third kappa shape index (κ3) is 5.00. The van der Waals surface area contributed by atoms with E-state index in [2.05, 4.69) is 15.1 Å². The van der Waals surface area contributed by atoms with Gasteiger partial charge in [-0.25, -0.2) is 0 Å². The van der Waals surface area contributed by atoms with Gasteiger partial charge in [-0.3, -0.25) is 9.19 Å². The molecule has 0 N–H and O–H groups in total. The summed E-state index contributed by atoms with van der Waals surface area (Å²) in [6.07, 6.45) is -3.07. The minimum Gasteiger partial charge on any atom is -0.338 e. The highest BCUT2D eigenvalue weighted by Gasteiger charge is 2.35. The van der Waals surface area contributed by atoms with E-state index < -0.39 is 22.7 Å². The van der Waals surface area contributed by atoms with Crippen LogP contribution in [0.15, 0.2) is 47.1 Å². The lowest BCUT2D eigenvalue weighted by molar-refractivity contribution is -0.141. The van der Waals surface area contributed by atoms with Crippen LogP contribution in [0.4, 0.5) is 13.2 Å². The third-order valence-electron chi connectivity index (χ3n) is 3.88. The Hall–Kier alpha value is -2.55. The van der Waals surface area contributed by atoms with E-state index in [9.17, 15) is 17.4 Å². The van der Waals surface area contributed by atoms with E-state index in [1.165, 1.54) is 12.1 Å². The summed E-state index contributed by atoms with van der Waals surface area (Å²) in [5.74, 6) is 0.161. The summed E-state index contributed by atoms with van der Waals surface area (Å²) in [5, 5.41) is 3.86. The molecule has 0 fully saturated rings. The van der Waals surface area contributed by atoms with Crippen LogP contribution in [0.25, 0.3) is 0 Å². The largest absolute Gasteiger partial charge is 0.433 e. The van der Waals surface area contributed by atoms with E-state index in [-0.39, 0.29) is 23.0 Å².